The Labute approximate surface area is 117 Å². The van der Waals surface area contributed by atoms with Gasteiger partial charge in [0, 0.05) is 0 Å². The number of anilines is 1. The lowest BCUT2D eigenvalue weighted by molar-refractivity contribution is 0.874. The van der Waals surface area contributed by atoms with Crippen LogP contribution in [0.25, 0.3) is 16.7 Å². The molecule has 2 aromatic heterocycles. The van der Waals surface area contributed by atoms with Crippen molar-refractivity contribution in [2.75, 3.05) is 5.73 Å². The lowest BCUT2D eigenvalue weighted by atomic mass is 10.1. The summed E-state index contributed by atoms with van der Waals surface area (Å²) in [7, 11) is 0. The van der Waals surface area contributed by atoms with Gasteiger partial charge in [0.05, 0.1) is 17.3 Å². The minimum Gasteiger partial charge on any atom is -0.383 e. The molecule has 2 heterocycles. The quantitative estimate of drug-likeness (QED) is 0.735. The molecule has 0 unspecified atom stereocenters. The molecule has 0 aliphatic rings. The summed E-state index contributed by atoms with van der Waals surface area (Å²) < 4.78 is 1.85. The van der Waals surface area contributed by atoms with Crippen LogP contribution in [0.5, 0.6) is 0 Å². The Balaban J connectivity index is 2.36. The smallest absolute Gasteiger partial charge is 0.168 e. The van der Waals surface area contributed by atoms with Crippen LogP contribution in [-0.4, -0.2) is 19.7 Å². The van der Waals surface area contributed by atoms with Gasteiger partial charge in [-0.2, -0.15) is 5.10 Å². The molecule has 5 heteroatoms. The fourth-order valence-corrected chi connectivity index (χ4v) is 2.71. The molecular formula is C15H17N5. The first kappa shape index (κ1) is 12.6. The van der Waals surface area contributed by atoms with Crippen molar-refractivity contribution in [3.05, 3.63) is 40.8 Å². The van der Waals surface area contributed by atoms with Crippen molar-refractivity contribution in [3.63, 3.8) is 0 Å². The highest BCUT2D eigenvalue weighted by Gasteiger charge is 2.14. The van der Waals surface area contributed by atoms with Crippen LogP contribution in [0.2, 0.25) is 0 Å². The van der Waals surface area contributed by atoms with Crippen LogP contribution in [0, 0.1) is 27.7 Å². The van der Waals surface area contributed by atoms with Crippen molar-refractivity contribution >= 4 is 16.9 Å². The molecule has 0 saturated heterocycles. The molecular weight excluding hydrogens is 250 g/mol. The first-order valence-electron chi connectivity index (χ1n) is 6.53. The summed E-state index contributed by atoms with van der Waals surface area (Å²) in [5, 5.41) is 5.24. The van der Waals surface area contributed by atoms with Crippen LogP contribution in [0.15, 0.2) is 18.3 Å². The van der Waals surface area contributed by atoms with Crippen molar-refractivity contribution in [2.45, 2.75) is 27.7 Å². The van der Waals surface area contributed by atoms with Crippen molar-refractivity contribution in [1.82, 2.24) is 19.7 Å². The first-order valence-corrected chi connectivity index (χ1v) is 6.53. The van der Waals surface area contributed by atoms with Crippen molar-refractivity contribution in [2.24, 2.45) is 0 Å². The minimum atomic E-state index is 0.473. The average molecular weight is 267 g/mol. The highest BCUT2D eigenvalue weighted by molar-refractivity contribution is 5.86. The zero-order chi connectivity index (χ0) is 14.4. The number of hydrogen-bond donors (Lipinski definition) is 1. The number of hydrogen-bond acceptors (Lipinski definition) is 4. The van der Waals surface area contributed by atoms with Gasteiger partial charge in [-0.3, -0.25) is 0 Å². The monoisotopic (exact) mass is 267 g/mol. The van der Waals surface area contributed by atoms with Gasteiger partial charge in [0.1, 0.15) is 11.6 Å². The molecule has 3 aromatic rings. The van der Waals surface area contributed by atoms with Gasteiger partial charge in [-0.05, 0) is 38.8 Å². The Morgan fingerprint density at radius 1 is 1.00 bits per heavy atom. The molecule has 0 aliphatic carbocycles. The molecule has 0 bridgehead atoms. The van der Waals surface area contributed by atoms with E-state index in [2.05, 4.69) is 48.0 Å². The van der Waals surface area contributed by atoms with Gasteiger partial charge >= 0.3 is 0 Å². The Hall–Kier alpha value is -2.43. The van der Waals surface area contributed by atoms with E-state index in [-0.39, 0.29) is 0 Å². The summed E-state index contributed by atoms with van der Waals surface area (Å²) in [5.74, 6) is 1.13. The first-order chi connectivity index (χ1) is 9.47. The third-order valence-corrected chi connectivity index (χ3v) is 3.42. The second-order valence-electron chi connectivity index (χ2n) is 5.20. The lowest BCUT2D eigenvalue weighted by Crippen LogP contribution is -2.05. The molecule has 102 valence electrons. The highest BCUT2D eigenvalue weighted by Crippen LogP contribution is 2.25. The molecule has 0 saturated carbocycles. The summed E-state index contributed by atoms with van der Waals surface area (Å²) in [6.45, 7) is 8.10. The maximum Gasteiger partial charge on any atom is 0.168 e. The Kier molecular flexibility index (Phi) is 2.71. The van der Waals surface area contributed by atoms with Gasteiger partial charge in [-0.1, -0.05) is 17.7 Å². The molecule has 0 atom stereocenters. The summed E-state index contributed by atoms with van der Waals surface area (Å²) in [4.78, 5) is 8.67. The summed E-state index contributed by atoms with van der Waals surface area (Å²) >= 11 is 0. The minimum absolute atomic E-state index is 0.473. The fraction of sp³-hybridized carbons (Fsp3) is 0.267. The fourth-order valence-electron chi connectivity index (χ4n) is 2.71. The van der Waals surface area contributed by atoms with Crippen LogP contribution in [0.1, 0.15) is 22.5 Å². The highest BCUT2D eigenvalue weighted by atomic mass is 15.3. The van der Waals surface area contributed by atoms with Gasteiger partial charge in [-0.15, -0.1) is 0 Å². The van der Waals surface area contributed by atoms with Crippen molar-refractivity contribution < 1.29 is 0 Å². The Morgan fingerprint density at radius 3 is 2.30 bits per heavy atom. The molecule has 2 N–H and O–H groups in total. The SMILES string of the molecule is Cc1cc(C)c(-n2ncc3c(N)nc(C)nc32)c(C)c1. The van der Waals surface area contributed by atoms with Crippen molar-refractivity contribution in [1.29, 1.82) is 0 Å². The average Bonchev–Trinajstić information content (AvgIpc) is 2.72. The van der Waals surface area contributed by atoms with E-state index >= 15 is 0 Å². The van der Waals surface area contributed by atoms with Gasteiger partial charge in [0.2, 0.25) is 0 Å². The molecule has 20 heavy (non-hydrogen) atoms. The molecule has 1 aromatic carbocycles. The molecule has 0 spiro atoms. The largest absolute Gasteiger partial charge is 0.383 e. The standard InChI is InChI=1S/C15H17N5/c1-8-5-9(2)13(10(3)6-8)20-15-12(7-17-20)14(16)18-11(4)19-15/h5-7H,1-4H3,(H2,16,18,19). The van der Waals surface area contributed by atoms with Crippen LogP contribution in [-0.2, 0) is 0 Å². The van der Waals surface area contributed by atoms with Gasteiger partial charge in [0.15, 0.2) is 5.65 Å². The van der Waals surface area contributed by atoms with E-state index in [1.807, 2.05) is 11.6 Å². The van der Waals surface area contributed by atoms with E-state index in [4.69, 9.17) is 5.73 Å². The predicted molar refractivity (Wildman–Crippen MR) is 80.0 cm³/mol. The molecule has 0 aliphatic heterocycles. The Morgan fingerprint density at radius 2 is 1.65 bits per heavy atom. The third kappa shape index (κ3) is 1.82. The van der Waals surface area contributed by atoms with Gasteiger partial charge in [-0.25, -0.2) is 14.6 Å². The van der Waals surface area contributed by atoms with Gasteiger partial charge < -0.3 is 5.73 Å². The maximum absolute atomic E-state index is 5.94. The second-order valence-corrected chi connectivity index (χ2v) is 5.20. The van der Waals surface area contributed by atoms with Crippen LogP contribution >= 0.6 is 0 Å². The summed E-state index contributed by atoms with van der Waals surface area (Å²) in [6.07, 6.45) is 1.73. The molecule has 0 fully saturated rings. The Bertz CT molecular complexity index is 793. The van der Waals surface area contributed by atoms with E-state index in [0.29, 0.717) is 11.6 Å². The zero-order valence-electron chi connectivity index (χ0n) is 12.1. The third-order valence-electron chi connectivity index (χ3n) is 3.42. The number of nitrogen functional groups attached to an aromatic ring is 1. The number of nitrogens with zero attached hydrogens (tertiary/aromatic N) is 4. The second kappa shape index (κ2) is 4.30. The van der Waals surface area contributed by atoms with E-state index in [9.17, 15) is 0 Å². The number of aromatic nitrogens is 4. The molecule has 0 amide bonds. The van der Waals surface area contributed by atoms with Crippen LogP contribution in [0.4, 0.5) is 5.82 Å². The molecule has 5 nitrogen and oxygen atoms in total. The van der Waals surface area contributed by atoms with Crippen LogP contribution in [0.3, 0.4) is 0 Å². The summed E-state index contributed by atoms with van der Waals surface area (Å²) in [6, 6.07) is 4.29. The van der Waals surface area contributed by atoms with Gasteiger partial charge in [0.25, 0.3) is 0 Å². The number of rotatable bonds is 1. The topological polar surface area (TPSA) is 69.6 Å². The normalized spacial score (nSPS) is 11.2. The number of fused-ring (bicyclic) bond motifs is 1. The maximum atomic E-state index is 5.94. The van der Waals surface area contributed by atoms with E-state index < -0.39 is 0 Å². The predicted octanol–water partition coefficient (Wildman–Crippen LogP) is 2.63. The summed E-state index contributed by atoms with van der Waals surface area (Å²) in [5.41, 5.74) is 11.3. The number of aryl methyl sites for hydroxylation is 4. The van der Waals surface area contributed by atoms with Crippen molar-refractivity contribution in [3.8, 4) is 5.69 Å². The van der Waals surface area contributed by atoms with E-state index in [1.54, 1.807) is 6.20 Å². The number of benzene rings is 1. The van der Waals surface area contributed by atoms with Crippen LogP contribution < -0.4 is 5.73 Å². The molecule has 3 rings (SSSR count). The number of nitrogens with two attached hydrogens (primary N) is 1. The van der Waals surface area contributed by atoms with E-state index in [0.717, 1.165) is 16.7 Å². The van der Waals surface area contributed by atoms with E-state index in [1.165, 1.54) is 16.7 Å². The lowest BCUT2D eigenvalue weighted by Gasteiger charge is -2.12. The molecule has 0 radical (unpaired) electrons. The zero-order valence-corrected chi connectivity index (χ0v) is 12.1.